The summed E-state index contributed by atoms with van der Waals surface area (Å²) >= 11 is 0. The number of amides is 1. The Bertz CT molecular complexity index is 807. The van der Waals surface area contributed by atoms with Gasteiger partial charge in [-0.3, -0.25) is 4.79 Å². The van der Waals surface area contributed by atoms with E-state index in [1.807, 2.05) is 13.8 Å². The van der Waals surface area contributed by atoms with Crippen LogP contribution in [0.1, 0.15) is 66.2 Å². The van der Waals surface area contributed by atoms with Crippen LogP contribution in [0, 0.1) is 5.92 Å². The molecule has 0 aromatic carbocycles. The maximum absolute atomic E-state index is 12.9. The Hall–Kier alpha value is -0.970. The van der Waals surface area contributed by atoms with E-state index >= 15 is 0 Å². The number of likely N-dealkylation sites (N-methyl/N-ethyl adjacent to an activating group) is 1. The number of aliphatic hydroxyl groups excluding tert-OH is 4. The van der Waals surface area contributed by atoms with Gasteiger partial charge in [-0.25, -0.2) is 0 Å². The highest BCUT2D eigenvalue weighted by Crippen LogP contribution is 2.35. The van der Waals surface area contributed by atoms with Crippen LogP contribution < -0.4 is 16.4 Å². The van der Waals surface area contributed by atoms with E-state index in [-0.39, 0.29) is 31.1 Å². The van der Waals surface area contributed by atoms with Crippen molar-refractivity contribution in [3.05, 3.63) is 0 Å². The van der Waals surface area contributed by atoms with Gasteiger partial charge in [-0.2, -0.15) is 0 Å². The lowest BCUT2D eigenvalue weighted by Crippen LogP contribution is -2.68. The summed E-state index contributed by atoms with van der Waals surface area (Å²) < 4.78 is 24.1. The first-order valence-electron chi connectivity index (χ1n) is 14.6. The number of carbonyl (C=O) groups excluding carboxylic acids is 1. The Kier molecular flexibility index (Phi) is 12.1. The number of rotatable bonds is 11. The van der Waals surface area contributed by atoms with Crippen molar-refractivity contribution in [2.45, 2.75) is 145 Å². The summed E-state index contributed by atoms with van der Waals surface area (Å²) in [5, 5.41) is 59.1. The molecular weight excluding hydrogens is 526 g/mol. The number of nitrogens with one attached hydrogen (secondary N) is 2. The molecule has 0 spiro atoms. The quantitative estimate of drug-likeness (QED) is 0.141. The number of nitrogens with two attached hydrogens (primary N) is 1. The Balaban J connectivity index is 1.81. The van der Waals surface area contributed by atoms with Crippen molar-refractivity contribution in [3.8, 4) is 0 Å². The molecule has 0 radical (unpaired) electrons. The van der Waals surface area contributed by atoms with E-state index in [2.05, 4.69) is 10.6 Å². The number of hydrogen-bond donors (Lipinski definition) is 8. The van der Waals surface area contributed by atoms with Gasteiger partial charge in [-0.05, 0) is 52.0 Å². The normalized spacial score (nSPS) is 44.1. The van der Waals surface area contributed by atoms with Gasteiger partial charge in [0.15, 0.2) is 12.6 Å². The highest BCUT2D eigenvalue weighted by molar-refractivity contribution is 5.80. The number of aliphatic hydroxyl groups is 5. The highest BCUT2D eigenvalue weighted by Gasteiger charge is 2.51. The molecule has 13 heteroatoms. The number of carbonyl (C=O) groups is 1. The summed E-state index contributed by atoms with van der Waals surface area (Å²) in [5.41, 5.74) is 4.91. The third-order valence-corrected chi connectivity index (χ3v) is 8.53. The predicted octanol–water partition coefficient (Wildman–Crippen LogP) is -1.54. The van der Waals surface area contributed by atoms with Crippen LogP contribution in [-0.4, -0.2) is 124 Å². The van der Waals surface area contributed by atoms with Gasteiger partial charge in [0.2, 0.25) is 5.91 Å². The standard InChI is InChI=1S/C27H51N3O10/c1-6-14(31)11-18(32)24(35)30-17-10-13(3)21(39-25-16(28)9-8-15(7-2)38-25)19(33)22(17)40-26-20(34)23(29-5)27(4,36)12-37-26/h13-23,25-26,29,31-34,36H,6-12,28H2,1-5H3,(H,30,35)/t13-,14-,15+,16?,17+,18-,19?,20?,21?,22?,23+,25+,26+,27?/m0/s1. The molecule has 0 bridgehead atoms. The molecule has 13 nitrogen and oxygen atoms in total. The van der Waals surface area contributed by atoms with E-state index in [4.69, 9.17) is 24.7 Å². The largest absolute Gasteiger partial charge is 0.393 e. The van der Waals surface area contributed by atoms with Crippen LogP contribution >= 0.6 is 0 Å². The molecule has 1 saturated carbocycles. The second-order valence-electron chi connectivity index (χ2n) is 11.9. The van der Waals surface area contributed by atoms with E-state index in [1.165, 1.54) is 6.92 Å². The van der Waals surface area contributed by atoms with Crippen LogP contribution in [0.3, 0.4) is 0 Å². The Morgan fingerprint density at radius 3 is 2.42 bits per heavy atom. The molecule has 3 fully saturated rings. The van der Waals surface area contributed by atoms with E-state index in [0.29, 0.717) is 19.3 Å². The van der Waals surface area contributed by atoms with Crippen LogP contribution in [0.5, 0.6) is 0 Å². The molecule has 2 saturated heterocycles. The summed E-state index contributed by atoms with van der Waals surface area (Å²) in [5.74, 6) is -0.992. The topological polar surface area (TPSA) is 205 Å². The van der Waals surface area contributed by atoms with E-state index in [9.17, 15) is 30.3 Å². The summed E-state index contributed by atoms with van der Waals surface area (Å²) in [7, 11) is 1.60. The number of ether oxygens (including phenoxy) is 4. The van der Waals surface area contributed by atoms with E-state index in [0.717, 1.165) is 12.8 Å². The molecule has 2 aliphatic heterocycles. The Labute approximate surface area is 236 Å². The molecule has 3 rings (SSSR count). The van der Waals surface area contributed by atoms with Crippen molar-refractivity contribution in [1.82, 2.24) is 10.6 Å². The maximum atomic E-state index is 12.9. The SMILES string of the molecule is CC[C@H](O)C[C@H](O)C(=O)N[C@@H]1C[C@H](C)C(O[C@H]2O[C@H](CC)CCC2N)C(O)C1O[C@H]1OCC(C)(O)[C@H](NC)C1O. The van der Waals surface area contributed by atoms with Gasteiger partial charge in [0.25, 0.3) is 0 Å². The molecule has 234 valence electrons. The first-order chi connectivity index (χ1) is 18.8. The average Bonchev–Trinajstić information content (AvgIpc) is 2.90. The van der Waals surface area contributed by atoms with Crippen LogP contribution in [0.2, 0.25) is 0 Å². The average molecular weight is 578 g/mol. The minimum Gasteiger partial charge on any atom is -0.393 e. The van der Waals surface area contributed by atoms with Crippen LogP contribution in [0.25, 0.3) is 0 Å². The lowest BCUT2D eigenvalue weighted by atomic mass is 9.79. The molecule has 0 aromatic heterocycles. The summed E-state index contributed by atoms with van der Waals surface area (Å²) in [6, 6.07) is -1.95. The number of hydrogen-bond acceptors (Lipinski definition) is 12. The molecule has 40 heavy (non-hydrogen) atoms. The Morgan fingerprint density at radius 1 is 1.12 bits per heavy atom. The monoisotopic (exact) mass is 577 g/mol. The molecule has 1 aliphatic carbocycles. The van der Waals surface area contributed by atoms with Crippen LogP contribution in [0.15, 0.2) is 0 Å². The zero-order chi connectivity index (χ0) is 29.8. The lowest BCUT2D eigenvalue weighted by molar-refractivity contribution is -0.311. The Morgan fingerprint density at radius 2 is 1.80 bits per heavy atom. The fourth-order valence-electron chi connectivity index (χ4n) is 5.95. The lowest BCUT2D eigenvalue weighted by Gasteiger charge is -2.49. The van der Waals surface area contributed by atoms with Crippen molar-refractivity contribution in [2.24, 2.45) is 11.7 Å². The molecule has 1 amide bonds. The maximum Gasteiger partial charge on any atom is 0.249 e. The second kappa shape index (κ2) is 14.5. The molecule has 9 N–H and O–H groups in total. The summed E-state index contributed by atoms with van der Waals surface area (Å²) in [4.78, 5) is 12.9. The third-order valence-electron chi connectivity index (χ3n) is 8.53. The third kappa shape index (κ3) is 7.90. The van der Waals surface area contributed by atoms with Crippen molar-refractivity contribution in [3.63, 3.8) is 0 Å². The van der Waals surface area contributed by atoms with Crippen molar-refractivity contribution < 1.29 is 49.3 Å². The van der Waals surface area contributed by atoms with Crippen molar-refractivity contribution >= 4 is 5.91 Å². The summed E-state index contributed by atoms with van der Waals surface area (Å²) in [6.45, 7) is 7.02. The molecule has 3 aliphatic rings. The highest BCUT2D eigenvalue weighted by atomic mass is 16.7. The van der Waals surface area contributed by atoms with E-state index < -0.39 is 72.8 Å². The van der Waals surface area contributed by atoms with Gasteiger partial charge in [0, 0.05) is 6.42 Å². The van der Waals surface area contributed by atoms with Gasteiger partial charge in [-0.15, -0.1) is 0 Å². The van der Waals surface area contributed by atoms with Crippen molar-refractivity contribution in [2.75, 3.05) is 13.7 Å². The van der Waals surface area contributed by atoms with Crippen LogP contribution in [-0.2, 0) is 23.7 Å². The molecule has 6 unspecified atom stereocenters. The van der Waals surface area contributed by atoms with Gasteiger partial charge >= 0.3 is 0 Å². The fraction of sp³-hybridized carbons (Fsp3) is 0.963. The zero-order valence-corrected chi connectivity index (χ0v) is 24.3. The van der Waals surface area contributed by atoms with Crippen molar-refractivity contribution in [1.29, 1.82) is 0 Å². The minimum atomic E-state index is -1.46. The van der Waals surface area contributed by atoms with Gasteiger partial charge in [0.1, 0.15) is 30.0 Å². The molecular formula is C27H51N3O10. The smallest absolute Gasteiger partial charge is 0.249 e. The fourth-order valence-corrected chi connectivity index (χ4v) is 5.95. The first kappa shape index (κ1) is 33.5. The predicted molar refractivity (Wildman–Crippen MR) is 144 cm³/mol. The van der Waals surface area contributed by atoms with Gasteiger partial charge in [-0.1, -0.05) is 20.8 Å². The minimum absolute atomic E-state index is 0.00284. The first-order valence-corrected chi connectivity index (χ1v) is 14.6. The van der Waals surface area contributed by atoms with Gasteiger partial charge < -0.3 is 60.8 Å². The molecule has 0 aromatic rings. The second-order valence-corrected chi connectivity index (χ2v) is 11.9. The van der Waals surface area contributed by atoms with Crippen LogP contribution in [0.4, 0.5) is 0 Å². The zero-order valence-electron chi connectivity index (χ0n) is 24.3. The van der Waals surface area contributed by atoms with E-state index in [1.54, 1.807) is 14.0 Å². The molecule has 14 atom stereocenters. The van der Waals surface area contributed by atoms with Gasteiger partial charge in [0.05, 0.1) is 43.0 Å². The molecule has 2 heterocycles. The summed E-state index contributed by atoms with van der Waals surface area (Å²) in [6.07, 6.45) is -5.88.